The van der Waals surface area contributed by atoms with Gasteiger partial charge in [0.05, 0.1) is 0 Å². The highest BCUT2D eigenvalue weighted by atomic mass is 19.1. The van der Waals surface area contributed by atoms with Crippen molar-refractivity contribution in [2.45, 2.75) is 18.8 Å². The summed E-state index contributed by atoms with van der Waals surface area (Å²) >= 11 is 0. The molecule has 1 fully saturated rings. The molecule has 1 aliphatic rings. The number of piperidine rings is 1. The Morgan fingerprint density at radius 3 is 2.63 bits per heavy atom. The van der Waals surface area contributed by atoms with Crippen molar-refractivity contribution in [2.75, 3.05) is 33.2 Å². The van der Waals surface area contributed by atoms with E-state index in [1.807, 2.05) is 7.05 Å². The maximum Gasteiger partial charge on any atom is 0.173 e. The summed E-state index contributed by atoms with van der Waals surface area (Å²) < 4.78 is 29.1. The summed E-state index contributed by atoms with van der Waals surface area (Å²) in [5, 5.41) is 23.7. The summed E-state index contributed by atoms with van der Waals surface area (Å²) in [6.45, 7) is 3.82. The van der Waals surface area contributed by atoms with E-state index in [1.165, 1.54) is 24.3 Å². The number of phenolic OH excluding ortho intramolecular Hbond substituents is 2. The average Bonchev–Trinajstić information content (AvgIpc) is 2.85. The molecule has 3 aromatic rings. The van der Waals surface area contributed by atoms with Gasteiger partial charge in [0, 0.05) is 61.1 Å². The van der Waals surface area contributed by atoms with E-state index in [4.69, 9.17) is 0 Å². The van der Waals surface area contributed by atoms with Gasteiger partial charge in [0.1, 0.15) is 11.6 Å². The molecule has 5 nitrogen and oxygen atoms in total. The van der Waals surface area contributed by atoms with E-state index in [9.17, 15) is 23.8 Å². The Kier molecular flexibility index (Phi) is 7.48. The van der Waals surface area contributed by atoms with Gasteiger partial charge in [-0.1, -0.05) is 36.4 Å². The van der Waals surface area contributed by atoms with E-state index in [2.05, 4.69) is 16.3 Å². The van der Waals surface area contributed by atoms with Crippen LogP contribution in [0.25, 0.3) is 0 Å². The van der Waals surface area contributed by atoms with Crippen LogP contribution in [0.15, 0.2) is 54.6 Å². The summed E-state index contributed by atoms with van der Waals surface area (Å²) in [7, 11) is 1.84. The number of rotatable bonds is 7. The molecule has 3 N–H and O–H groups in total. The quantitative estimate of drug-likeness (QED) is 0.439. The highest BCUT2D eigenvalue weighted by molar-refractivity contribution is 5.99. The normalized spacial score (nSPS) is 20.6. The van der Waals surface area contributed by atoms with Crippen LogP contribution in [0.5, 0.6) is 11.5 Å². The number of aromatic hydroxyl groups is 2. The summed E-state index contributed by atoms with van der Waals surface area (Å²) in [5.74, 6) is -3.62. The zero-order valence-electron chi connectivity index (χ0n) is 19.8. The SMILES string of the molecule is CNCCN1C[C@H](C(=O)c2cccc(O)c2)[C@H](c2cccc(F)c2C)[C@@H](c2cc[c]c(F)c2O)C1. The molecule has 1 heterocycles. The molecule has 0 spiro atoms. The molecule has 4 rings (SSSR count). The van der Waals surface area contributed by atoms with Gasteiger partial charge in [0.25, 0.3) is 0 Å². The van der Waals surface area contributed by atoms with Gasteiger partial charge in [0.15, 0.2) is 17.3 Å². The van der Waals surface area contributed by atoms with E-state index in [0.717, 1.165) is 0 Å². The molecule has 7 heteroatoms. The molecule has 1 saturated heterocycles. The van der Waals surface area contributed by atoms with E-state index in [0.29, 0.717) is 48.4 Å². The third-order valence-corrected chi connectivity index (χ3v) is 6.94. The van der Waals surface area contributed by atoms with Crippen LogP contribution in [0.3, 0.4) is 0 Å². The van der Waals surface area contributed by atoms with Crippen LogP contribution in [-0.2, 0) is 0 Å². The minimum atomic E-state index is -0.861. The molecule has 1 radical (unpaired) electrons. The van der Waals surface area contributed by atoms with Gasteiger partial charge in [-0.2, -0.15) is 0 Å². The summed E-state index contributed by atoms with van der Waals surface area (Å²) in [6, 6.07) is 16.4. The van der Waals surface area contributed by atoms with Crippen LogP contribution in [0.4, 0.5) is 8.78 Å². The predicted octanol–water partition coefficient (Wildman–Crippen LogP) is 4.39. The van der Waals surface area contributed by atoms with Crippen LogP contribution in [-0.4, -0.2) is 54.1 Å². The molecule has 35 heavy (non-hydrogen) atoms. The van der Waals surface area contributed by atoms with Crippen LogP contribution in [0.1, 0.15) is 38.9 Å². The lowest BCUT2D eigenvalue weighted by molar-refractivity contribution is 0.0739. The first-order valence-electron chi connectivity index (χ1n) is 11.7. The van der Waals surface area contributed by atoms with Gasteiger partial charge in [-0.15, -0.1) is 0 Å². The molecule has 0 bridgehead atoms. The minimum absolute atomic E-state index is 0.0213. The van der Waals surface area contributed by atoms with E-state index < -0.39 is 29.3 Å². The number of likely N-dealkylation sites (N-methyl/N-ethyl adjacent to an activating group) is 1. The standard InChI is InChI=1S/C28H29F2N2O3/c1-17-20(8-4-10-24(17)29)26-22(21-9-5-11-25(30)28(21)35)15-32(13-12-31-2)16-23(26)27(34)18-6-3-7-19(33)14-18/h3-10,14,22-23,26,31,33,35H,12-13,15-16H2,1-2H3/t22-,23+,26-/m1/s1. The van der Waals surface area contributed by atoms with Crippen molar-refractivity contribution in [1.29, 1.82) is 0 Å². The zero-order chi connectivity index (χ0) is 25.1. The highest BCUT2D eigenvalue weighted by Gasteiger charge is 2.44. The Labute approximate surface area is 204 Å². The van der Waals surface area contributed by atoms with E-state index in [1.54, 1.807) is 37.3 Å². The van der Waals surface area contributed by atoms with Crippen molar-refractivity contribution < 1.29 is 23.8 Å². The lowest BCUT2D eigenvalue weighted by atomic mass is 9.67. The molecule has 0 aliphatic carbocycles. The summed E-state index contributed by atoms with van der Waals surface area (Å²) in [4.78, 5) is 16.0. The molecule has 0 saturated carbocycles. The van der Waals surface area contributed by atoms with E-state index in [-0.39, 0.29) is 17.3 Å². The van der Waals surface area contributed by atoms with Crippen molar-refractivity contribution in [3.63, 3.8) is 0 Å². The van der Waals surface area contributed by atoms with Gasteiger partial charge in [0.2, 0.25) is 0 Å². The second-order valence-corrected chi connectivity index (χ2v) is 9.07. The number of benzene rings is 3. The zero-order valence-corrected chi connectivity index (χ0v) is 19.8. The number of carbonyl (C=O) groups excluding carboxylic acids is 1. The second-order valence-electron chi connectivity index (χ2n) is 9.07. The lowest BCUT2D eigenvalue weighted by Gasteiger charge is -2.44. The Balaban J connectivity index is 1.89. The Bertz CT molecular complexity index is 1220. The largest absolute Gasteiger partial charge is 0.508 e. The number of halogens is 2. The molecule has 0 amide bonds. The monoisotopic (exact) mass is 479 g/mol. The number of hydrogen-bond acceptors (Lipinski definition) is 5. The van der Waals surface area contributed by atoms with Crippen LogP contribution in [0, 0.1) is 30.5 Å². The maximum atomic E-state index is 14.7. The van der Waals surface area contributed by atoms with Crippen LogP contribution < -0.4 is 5.32 Å². The number of nitrogens with zero attached hydrogens (tertiary/aromatic N) is 1. The molecular weight excluding hydrogens is 450 g/mol. The number of Topliss-reactive ketones (excluding diaryl/α,β-unsaturated/α-hetero) is 1. The molecular formula is C28H29F2N2O3. The fourth-order valence-corrected chi connectivity index (χ4v) is 5.20. The smallest absolute Gasteiger partial charge is 0.173 e. The number of hydrogen-bond donors (Lipinski definition) is 3. The third-order valence-electron chi connectivity index (χ3n) is 6.94. The fraction of sp³-hybridized carbons (Fsp3) is 0.321. The molecule has 3 aromatic carbocycles. The van der Waals surface area contributed by atoms with Gasteiger partial charge < -0.3 is 20.4 Å². The number of likely N-dealkylation sites (tertiary alicyclic amines) is 1. The Hall–Kier alpha value is -3.29. The summed E-state index contributed by atoms with van der Waals surface area (Å²) in [5.41, 5.74) is 1.77. The van der Waals surface area contributed by atoms with Crippen LogP contribution >= 0.6 is 0 Å². The van der Waals surface area contributed by atoms with Crippen molar-refractivity contribution in [3.05, 3.63) is 94.6 Å². The predicted molar refractivity (Wildman–Crippen MR) is 130 cm³/mol. The fourth-order valence-electron chi connectivity index (χ4n) is 5.20. The number of phenols is 2. The van der Waals surface area contributed by atoms with Crippen molar-refractivity contribution in [2.24, 2.45) is 5.92 Å². The molecule has 0 unspecified atom stereocenters. The number of ketones is 1. The second kappa shape index (κ2) is 10.5. The van der Waals surface area contributed by atoms with Crippen molar-refractivity contribution in [1.82, 2.24) is 10.2 Å². The Morgan fingerprint density at radius 1 is 1.11 bits per heavy atom. The van der Waals surface area contributed by atoms with Crippen LogP contribution in [0.2, 0.25) is 0 Å². The first-order valence-corrected chi connectivity index (χ1v) is 11.7. The number of carbonyl (C=O) groups is 1. The first kappa shape index (κ1) is 24.8. The van der Waals surface area contributed by atoms with Gasteiger partial charge in [-0.25, -0.2) is 8.78 Å². The maximum absolute atomic E-state index is 14.7. The molecule has 0 aromatic heterocycles. The van der Waals surface area contributed by atoms with Crippen molar-refractivity contribution >= 4 is 5.78 Å². The highest BCUT2D eigenvalue weighted by Crippen LogP contribution is 2.47. The topological polar surface area (TPSA) is 72.8 Å². The lowest BCUT2D eigenvalue weighted by Crippen LogP contribution is -2.48. The van der Waals surface area contributed by atoms with E-state index >= 15 is 0 Å². The van der Waals surface area contributed by atoms with Gasteiger partial charge >= 0.3 is 0 Å². The first-order chi connectivity index (χ1) is 16.8. The minimum Gasteiger partial charge on any atom is -0.508 e. The van der Waals surface area contributed by atoms with Gasteiger partial charge in [-0.05, 0) is 43.3 Å². The molecule has 183 valence electrons. The third kappa shape index (κ3) is 5.06. The Morgan fingerprint density at radius 2 is 1.89 bits per heavy atom. The molecule has 3 atom stereocenters. The summed E-state index contributed by atoms with van der Waals surface area (Å²) in [6.07, 6.45) is 0. The number of nitrogens with one attached hydrogen (secondary N) is 1. The average molecular weight is 480 g/mol. The van der Waals surface area contributed by atoms with Crippen molar-refractivity contribution in [3.8, 4) is 11.5 Å². The van der Waals surface area contributed by atoms with Gasteiger partial charge in [-0.3, -0.25) is 4.79 Å². The molecule has 1 aliphatic heterocycles.